The predicted molar refractivity (Wildman–Crippen MR) is 168 cm³/mol. The van der Waals surface area contributed by atoms with Crippen molar-refractivity contribution in [2.45, 2.75) is 52.2 Å². The first-order valence-electron chi connectivity index (χ1n) is 12.6. The number of rotatable bonds is 13. The largest absolute Gasteiger partial charge is 0.385 e. The Balaban J connectivity index is 2.49. The lowest BCUT2D eigenvalue weighted by Gasteiger charge is -2.26. The Morgan fingerprint density at radius 3 is 2.42 bits per heavy atom. The molecule has 1 aromatic heterocycles. The molecule has 3 unspecified atom stereocenters. The average Bonchev–Trinajstić information content (AvgIpc) is 3.30. The summed E-state index contributed by atoms with van der Waals surface area (Å²) in [5, 5.41) is 20.4. The van der Waals surface area contributed by atoms with Crippen LogP contribution < -0.4 is 32.2 Å². The Kier molecular flexibility index (Phi) is 12.9. The van der Waals surface area contributed by atoms with Crippen molar-refractivity contribution in [2.75, 3.05) is 6.54 Å². The summed E-state index contributed by atoms with van der Waals surface area (Å²) in [6.07, 6.45) is 10.5. The van der Waals surface area contributed by atoms with E-state index in [0.717, 1.165) is 37.4 Å². The molecule has 0 fully saturated rings. The molecule has 0 aliphatic rings. The van der Waals surface area contributed by atoms with Gasteiger partial charge in [0.15, 0.2) is 0 Å². The van der Waals surface area contributed by atoms with Gasteiger partial charge in [0.25, 0.3) is 0 Å². The molecule has 8 heteroatoms. The van der Waals surface area contributed by atoms with E-state index in [1.807, 2.05) is 25.1 Å². The molecule has 204 valence electrons. The van der Waals surface area contributed by atoms with Crippen LogP contribution in [0.2, 0.25) is 0 Å². The highest BCUT2D eigenvalue weighted by Crippen LogP contribution is 2.38. The quantitative estimate of drug-likeness (QED) is 0.0563. The van der Waals surface area contributed by atoms with E-state index in [1.54, 1.807) is 11.3 Å². The van der Waals surface area contributed by atoms with Gasteiger partial charge in [-0.2, -0.15) is 5.10 Å². The van der Waals surface area contributed by atoms with Crippen LogP contribution in [0.3, 0.4) is 0 Å². The summed E-state index contributed by atoms with van der Waals surface area (Å²) in [6, 6.07) is 7.99. The second-order valence-electron chi connectivity index (χ2n) is 8.93. The summed E-state index contributed by atoms with van der Waals surface area (Å²) in [5.74, 6) is 5.61. The van der Waals surface area contributed by atoms with Crippen molar-refractivity contribution in [3.63, 3.8) is 0 Å². The number of allylic oxidation sites excluding steroid dienone is 7. The topological polar surface area (TPSA) is 109 Å². The molecule has 0 spiro atoms. The van der Waals surface area contributed by atoms with Gasteiger partial charge < -0.3 is 10.8 Å². The van der Waals surface area contributed by atoms with Crippen LogP contribution in [-0.4, -0.2) is 17.5 Å². The maximum absolute atomic E-state index is 10.5. The molecule has 0 saturated carbocycles. The van der Waals surface area contributed by atoms with Gasteiger partial charge in [0.2, 0.25) is 0 Å². The van der Waals surface area contributed by atoms with Crippen LogP contribution in [0.15, 0.2) is 82.9 Å². The number of hydrazine groups is 1. The summed E-state index contributed by atoms with van der Waals surface area (Å²) in [7, 11) is 0. The normalized spacial score (nSPS) is 16.1. The third-order valence-electron chi connectivity index (χ3n) is 6.41. The lowest BCUT2D eigenvalue weighted by atomic mass is 9.77. The molecular weight excluding hydrogens is 558 g/mol. The second kappa shape index (κ2) is 15.6. The Morgan fingerprint density at radius 1 is 1.18 bits per heavy atom. The molecule has 6 nitrogen and oxygen atoms in total. The number of aliphatic hydroxyl groups excluding tert-OH is 1. The number of hydrogen-bond acceptors (Lipinski definition) is 6. The van der Waals surface area contributed by atoms with E-state index in [-0.39, 0.29) is 24.2 Å². The van der Waals surface area contributed by atoms with Gasteiger partial charge in [-0.3, -0.25) is 5.32 Å². The van der Waals surface area contributed by atoms with Gasteiger partial charge in [-0.25, -0.2) is 11.4 Å². The molecule has 2 rings (SSSR count). The van der Waals surface area contributed by atoms with Crippen LogP contribution in [0, 0.1) is 0 Å². The maximum atomic E-state index is 10.5. The highest BCUT2D eigenvalue weighted by molar-refractivity contribution is 9.15. The van der Waals surface area contributed by atoms with E-state index in [1.165, 1.54) is 11.1 Å². The number of thiophene rings is 1. The summed E-state index contributed by atoms with van der Waals surface area (Å²) in [4.78, 5) is 0. The van der Waals surface area contributed by atoms with E-state index < -0.39 is 6.23 Å². The lowest BCUT2D eigenvalue weighted by Crippen LogP contribution is -2.34. The predicted octanol–water partition coefficient (Wildman–Crippen LogP) is 4.91. The molecule has 0 aliphatic carbocycles. The number of hydrogen-bond donors (Lipinski definition) is 5. The Bertz CT molecular complexity index is 1310. The minimum Gasteiger partial charge on any atom is -0.385 e. The zero-order chi connectivity index (χ0) is 28.2. The molecule has 3 atom stereocenters. The second-order valence-corrected chi connectivity index (χ2v) is 10.7. The van der Waals surface area contributed by atoms with Gasteiger partial charge in [0.1, 0.15) is 12.1 Å². The lowest BCUT2D eigenvalue weighted by molar-refractivity contribution is 0.145. The first-order chi connectivity index (χ1) is 18.2. The Labute approximate surface area is 239 Å². The molecule has 2 aromatic rings. The standard InChI is InChI=1S/C30H40BrN5OS/c1-7-10-26(31)29-21(6)25(18-38-29)28(22(9-3)12-11-19(4)8-2)20(5)23-13-15-24(16-14-23)30(37)34-17-27(32)35-36-33/h7,9-16,18,20,28,30,34,36-37H,4,6,8,17,33H2,1-3,5H3,(H2,32,35)/b10-7-,12-11-,22-9+,29-26-. The van der Waals surface area contributed by atoms with E-state index in [2.05, 4.69) is 108 Å². The highest BCUT2D eigenvalue weighted by Gasteiger charge is 2.25. The Hall–Kier alpha value is -2.75. The van der Waals surface area contributed by atoms with E-state index in [0.29, 0.717) is 0 Å². The number of nitrogens with one attached hydrogen (secondary N) is 2. The third-order valence-corrected chi connectivity index (χ3v) is 8.41. The molecule has 0 amide bonds. The van der Waals surface area contributed by atoms with Crippen molar-refractivity contribution in [2.24, 2.45) is 16.7 Å². The molecular formula is C30H40BrN5OS. The number of hydrazone groups is 1. The zero-order valence-corrected chi connectivity index (χ0v) is 25.1. The number of aliphatic hydroxyl groups is 1. The van der Waals surface area contributed by atoms with Gasteiger partial charge in [-0.1, -0.05) is 87.2 Å². The molecule has 38 heavy (non-hydrogen) atoms. The first kappa shape index (κ1) is 31.5. The Morgan fingerprint density at radius 2 is 1.84 bits per heavy atom. The smallest absolute Gasteiger partial charge is 0.135 e. The number of halogens is 1. The molecule has 1 heterocycles. The van der Waals surface area contributed by atoms with Crippen molar-refractivity contribution in [3.05, 3.63) is 104 Å². The van der Waals surface area contributed by atoms with Crippen LogP contribution >= 0.6 is 27.3 Å². The van der Waals surface area contributed by atoms with Crippen LogP contribution in [0.5, 0.6) is 0 Å². The molecule has 1 aromatic carbocycles. The van der Waals surface area contributed by atoms with Crippen molar-refractivity contribution in [1.29, 1.82) is 0 Å². The molecule has 0 bridgehead atoms. The van der Waals surface area contributed by atoms with Crippen LogP contribution in [0.1, 0.15) is 68.9 Å². The molecule has 7 N–H and O–H groups in total. The van der Waals surface area contributed by atoms with Crippen LogP contribution in [-0.2, 0) is 0 Å². The van der Waals surface area contributed by atoms with Crippen LogP contribution in [0.4, 0.5) is 0 Å². The first-order valence-corrected chi connectivity index (χ1v) is 14.2. The van der Waals surface area contributed by atoms with Gasteiger partial charge in [0.05, 0.1) is 6.54 Å². The van der Waals surface area contributed by atoms with E-state index >= 15 is 0 Å². The molecule has 0 aliphatic heterocycles. The van der Waals surface area contributed by atoms with E-state index in [4.69, 9.17) is 11.6 Å². The molecule has 0 radical (unpaired) electrons. The third kappa shape index (κ3) is 8.38. The highest BCUT2D eigenvalue weighted by atomic mass is 79.9. The van der Waals surface area contributed by atoms with Crippen molar-refractivity contribution < 1.29 is 5.11 Å². The summed E-state index contributed by atoms with van der Waals surface area (Å²) < 4.78 is 2.16. The van der Waals surface area contributed by atoms with Crippen molar-refractivity contribution in [1.82, 2.24) is 10.9 Å². The van der Waals surface area contributed by atoms with Crippen molar-refractivity contribution >= 4 is 44.2 Å². The summed E-state index contributed by atoms with van der Waals surface area (Å²) in [6.45, 7) is 17.2. The number of benzene rings is 1. The molecule has 0 saturated heterocycles. The fraction of sp³-hybridized carbons (Fsp3) is 0.300. The maximum Gasteiger partial charge on any atom is 0.135 e. The minimum atomic E-state index is -0.888. The summed E-state index contributed by atoms with van der Waals surface area (Å²) in [5.41, 5.74) is 13.2. The minimum absolute atomic E-state index is 0.0815. The summed E-state index contributed by atoms with van der Waals surface area (Å²) >= 11 is 5.41. The van der Waals surface area contributed by atoms with Gasteiger partial charge in [0, 0.05) is 14.9 Å². The van der Waals surface area contributed by atoms with Gasteiger partial charge in [-0.15, -0.1) is 11.3 Å². The fourth-order valence-electron chi connectivity index (χ4n) is 4.14. The SMILES string of the molecule is C=C(/C=C\C(=C/C)C(c1cs/c(=C(Br)/C=C\C)c1=C)C(C)c1ccc(C(O)NC/C(N)=N/NN)cc1)CC. The zero-order valence-electron chi connectivity index (χ0n) is 22.7. The number of nitrogens with zero attached hydrogens (tertiary/aromatic N) is 1. The van der Waals surface area contributed by atoms with E-state index in [9.17, 15) is 5.11 Å². The van der Waals surface area contributed by atoms with Crippen LogP contribution in [0.25, 0.3) is 11.1 Å². The van der Waals surface area contributed by atoms with Gasteiger partial charge in [-0.05, 0) is 75.0 Å². The monoisotopic (exact) mass is 597 g/mol. The fourth-order valence-corrected chi connectivity index (χ4v) is 5.90. The van der Waals surface area contributed by atoms with Gasteiger partial charge >= 0.3 is 0 Å². The number of nitrogens with two attached hydrogens (primary N) is 2. The average molecular weight is 599 g/mol. The van der Waals surface area contributed by atoms with Crippen molar-refractivity contribution in [3.8, 4) is 0 Å². The number of amidine groups is 1.